The Hall–Kier alpha value is -0.580. The molecule has 1 N–H and O–H groups in total. The maximum Gasteiger partial charge on any atom is 0.123 e. The number of rotatable bonds is 4. The van der Waals surface area contributed by atoms with Gasteiger partial charge in [-0.15, -0.1) is 0 Å². The molecule has 0 radical (unpaired) electrons. The van der Waals surface area contributed by atoms with Gasteiger partial charge in [-0.05, 0) is 69.2 Å². The quantitative estimate of drug-likeness (QED) is 0.913. The zero-order valence-corrected chi connectivity index (χ0v) is 13.7. The van der Waals surface area contributed by atoms with Crippen LogP contribution in [0.3, 0.4) is 0 Å². The number of hydrogen-bond acceptors (Lipinski definition) is 3. The van der Waals surface area contributed by atoms with Gasteiger partial charge >= 0.3 is 0 Å². The van der Waals surface area contributed by atoms with Gasteiger partial charge in [0.15, 0.2) is 0 Å². The van der Waals surface area contributed by atoms with Crippen LogP contribution in [0.1, 0.15) is 18.4 Å². The van der Waals surface area contributed by atoms with E-state index in [0.29, 0.717) is 6.10 Å². The van der Waals surface area contributed by atoms with Crippen LogP contribution in [0.5, 0.6) is 5.75 Å². The number of benzene rings is 1. The molecular weight excluding hydrogens is 316 g/mol. The van der Waals surface area contributed by atoms with Crippen LogP contribution in [0, 0.1) is 5.92 Å². The Balaban J connectivity index is 1.49. The lowest BCUT2D eigenvalue weighted by Gasteiger charge is -2.33. The number of ether oxygens (including phenoxy) is 1. The summed E-state index contributed by atoms with van der Waals surface area (Å²) < 4.78 is 7.21. The molecule has 4 heteroatoms. The standard InChI is InChI=1S/C16H23BrN2O/c1-18-10-12-4-6-19(7-5-12)11-15-9-13-8-14(17)2-3-16(13)20-15/h2-3,8,12,15,18H,4-7,9-11H2,1H3. The van der Waals surface area contributed by atoms with Gasteiger partial charge in [0.1, 0.15) is 11.9 Å². The van der Waals surface area contributed by atoms with E-state index in [4.69, 9.17) is 4.74 Å². The van der Waals surface area contributed by atoms with E-state index in [2.05, 4.69) is 44.3 Å². The van der Waals surface area contributed by atoms with E-state index < -0.39 is 0 Å². The Morgan fingerprint density at radius 3 is 2.90 bits per heavy atom. The first kappa shape index (κ1) is 14.4. The smallest absolute Gasteiger partial charge is 0.123 e. The van der Waals surface area contributed by atoms with E-state index >= 15 is 0 Å². The molecular formula is C16H23BrN2O. The Labute approximate surface area is 129 Å². The monoisotopic (exact) mass is 338 g/mol. The fourth-order valence-electron chi connectivity index (χ4n) is 3.34. The molecule has 2 aliphatic rings. The van der Waals surface area contributed by atoms with Crippen LogP contribution < -0.4 is 10.1 Å². The maximum atomic E-state index is 6.06. The Morgan fingerprint density at radius 1 is 1.35 bits per heavy atom. The first-order chi connectivity index (χ1) is 9.74. The molecule has 0 bridgehead atoms. The molecule has 0 spiro atoms. The van der Waals surface area contributed by atoms with Crippen molar-refractivity contribution in [2.24, 2.45) is 5.92 Å². The molecule has 0 amide bonds. The Morgan fingerprint density at radius 2 is 2.15 bits per heavy atom. The number of fused-ring (bicyclic) bond motifs is 1. The molecule has 1 aromatic rings. The predicted octanol–water partition coefficient (Wildman–Crippen LogP) is 2.68. The highest BCUT2D eigenvalue weighted by Gasteiger charge is 2.27. The number of nitrogens with zero attached hydrogens (tertiary/aromatic N) is 1. The molecule has 2 aliphatic heterocycles. The number of nitrogens with one attached hydrogen (secondary N) is 1. The molecule has 3 nitrogen and oxygen atoms in total. The van der Waals surface area contributed by atoms with Gasteiger partial charge in [0.2, 0.25) is 0 Å². The van der Waals surface area contributed by atoms with Crippen molar-refractivity contribution in [2.75, 3.05) is 33.2 Å². The van der Waals surface area contributed by atoms with Gasteiger partial charge in [0.05, 0.1) is 0 Å². The summed E-state index contributed by atoms with van der Waals surface area (Å²) in [7, 11) is 2.05. The zero-order chi connectivity index (χ0) is 13.9. The van der Waals surface area contributed by atoms with Crippen LogP contribution in [0.4, 0.5) is 0 Å². The van der Waals surface area contributed by atoms with Crippen molar-refractivity contribution < 1.29 is 4.74 Å². The minimum absolute atomic E-state index is 0.333. The molecule has 1 unspecified atom stereocenters. The van der Waals surface area contributed by atoms with Crippen molar-refractivity contribution in [1.29, 1.82) is 0 Å². The van der Waals surface area contributed by atoms with E-state index in [0.717, 1.165) is 35.7 Å². The molecule has 0 aromatic heterocycles. The van der Waals surface area contributed by atoms with Gasteiger partial charge < -0.3 is 10.1 Å². The third kappa shape index (κ3) is 3.35. The number of halogens is 1. The van der Waals surface area contributed by atoms with Crippen molar-refractivity contribution in [3.63, 3.8) is 0 Å². The maximum absolute atomic E-state index is 6.06. The average molecular weight is 339 g/mol. The molecule has 3 rings (SSSR count). The van der Waals surface area contributed by atoms with E-state index in [9.17, 15) is 0 Å². The van der Waals surface area contributed by atoms with Gasteiger partial charge in [-0.2, -0.15) is 0 Å². The largest absolute Gasteiger partial charge is 0.488 e. The highest BCUT2D eigenvalue weighted by atomic mass is 79.9. The SMILES string of the molecule is CNCC1CCN(CC2Cc3cc(Br)ccc3O2)CC1. The minimum atomic E-state index is 0.333. The first-order valence-corrected chi connectivity index (χ1v) is 8.36. The molecule has 0 aliphatic carbocycles. The van der Waals surface area contributed by atoms with Crippen LogP contribution in [-0.4, -0.2) is 44.2 Å². The van der Waals surface area contributed by atoms with Crippen LogP contribution in [-0.2, 0) is 6.42 Å². The summed E-state index contributed by atoms with van der Waals surface area (Å²) in [6.07, 6.45) is 4.00. The highest BCUT2D eigenvalue weighted by molar-refractivity contribution is 9.10. The van der Waals surface area contributed by atoms with Crippen molar-refractivity contribution in [1.82, 2.24) is 10.2 Å². The number of likely N-dealkylation sites (tertiary alicyclic amines) is 1. The fraction of sp³-hybridized carbons (Fsp3) is 0.625. The third-order valence-electron chi connectivity index (χ3n) is 4.43. The third-order valence-corrected chi connectivity index (χ3v) is 4.92. The molecule has 2 heterocycles. The lowest BCUT2D eigenvalue weighted by Crippen LogP contribution is -2.41. The van der Waals surface area contributed by atoms with Crippen LogP contribution in [0.25, 0.3) is 0 Å². The predicted molar refractivity (Wildman–Crippen MR) is 85.4 cm³/mol. The second-order valence-corrected chi connectivity index (χ2v) is 6.91. The zero-order valence-electron chi connectivity index (χ0n) is 12.1. The number of hydrogen-bond donors (Lipinski definition) is 1. The van der Waals surface area contributed by atoms with Crippen molar-refractivity contribution in [2.45, 2.75) is 25.4 Å². The fourth-order valence-corrected chi connectivity index (χ4v) is 3.75. The van der Waals surface area contributed by atoms with Gasteiger partial charge in [-0.25, -0.2) is 0 Å². The lowest BCUT2D eigenvalue weighted by atomic mass is 9.96. The van der Waals surface area contributed by atoms with Crippen molar-refractivity contribution in [3.8, 4) is 5.75 Å². The van der Waals surface area contributed by atoms with Crippen molar-refractivity contribution in [3.05, 3.63) is 28.2 Å². The summed E-state index contributed by atoms with van der Waals surface area (Å²) in [6, 6.07) is 6.33. The van der Waals surface area contributed by atoms with E-state index in [1.54, 1.807) is 0 Å². The minimum Gasteiger partial charge on any atom is -0.488 e. The van der Waals surface area contributed by atoms with Gasteiger partial charge in [-0.3, -0.25) is 4.90 Å². The molecule has 1 fully saturated rings. The lowest BCUT2D eigenvalue weighted by molar-refractivity contribution is 0.117. The summed E-state index contributed by atoms with van der Waals surface area (Å²) in [5.74, 6) is 1.93. The normalized spacial score (nSPS) is 23.6. The average Bonchev–Trinajstić information content (AvgIpc) is 2.82. The van der Waals surface area contributed by atoms with Crippen LogP contribution in [0.2, 0.25) is 0 Å². The molecule has 1 aromatic carbocycles. The number of piperidine rings is 1. The molecule has 1 atom stereocenters. The van der Waals surface area contributed by atoms with Crippen molar-refractivity contribution >= 4 is 15.9 Å². The summed E-state index contributed by atoms with van der Waals surface area (Å²) in [5.41, 5.74) is 1.34. The van der Waals surface area contributed by atoms with E-state index in [-0.39, 0.29) is 0 Å². The van der Waals surface area contributed by atoms with Crippen LogP contribution in [0.15, 0.2) is 22.7 Å². The van der Waals surface area contributed by atoms with Gasteiger partial charge in [0.25, 0.3) is 0 Å². The summed E-state index contributed by atoms with van der Waals surface area (Å²) in [4.78, 5) is 2.57. The molecule has 1 saturated heterocycles. The van der Waals surface area contributed by atoms with Crippen LogP contribution >= 0.6 is 15.9 Å². The topological polar surface area (TPSA) is 24.5 Å². The summed E-state index contributed by atoms with van der Waals surface area (Å²) in [5, 5.41) is 3.29. The summed E-state index contributed by atoms with van der Waals surface area (Å²) in [6.45, 7) is 4.66. The Bertz CT molecular complexity index is 458. The molecule has 20 heavy (non-hydrogen) atoms. The molecule has 0 saturated carbocycles. The molecule has 110 valence electrons. The first-order valence-electron chi connectivity index (χ1n) is 7.56. The summed E-state index contributed by atoms with van der Waals surface area (Å²) >= 11 is 3.53. The van der Waals surface area contributed by atoms with Gasteiger partial charge in [0, 0.05) is 17.4 Å². The van der Waals surface area contributed by atoms with E-state index in [1.165, 1.54) is 31.5 Å². The second-order valence-electron chi connectivity index (χ2n) is 6.00. The highest BCUT2D eigenvalue weighted by Crippen LogP contribution is 2.31. The Kier molecular flexibility index (Phi) is 4.64. The van der Waals surface area contributed by atoms with Gasteiger partial charge in [-0.1, -0.05) is 15.9 Å². The van der Waals surface area contributed by atoms with E-state index in [1.807, 2.05) is 7.05 Å². The second kappa shape index (κ2) is 6.46.